The number of anilines is 1. The maximum atomic E-state index is 12.0. The van der Waals surface area contributed by atoms with Crippen LogP contribution in [0.1, 0.15) is 26.2 Å². The van der Waals surface area contributed by atoms with Gasteiger partial charge in [0.2, 0.25) is 10.0 Å². The van der Waals surface area contributed by atoms with Crippen molar-refractivity contribution in [3.63, 3.8) is 0 Å². The molecule has 23 heavy (non-hydrogen) atoms. The fourth-order valence-electron chi connectivity index (χ4n) is 2.62. The van der Waals surface area contributed by atoms with Crippen molar-refractivity contribution in [3.05, 3.63) is 33.3 Å². The van der Waals surface area contributed by atoms with Crippen molar-refractivity contribution in [3.8, 4) is 0 Å². The molecule has 1 aliphatic heterocycles. The molecule has 0 radical (unpaired) electrons. The van der Waals surface area contributed by atoms with Crippen LogP contribution in [0.25, 0.3) is 0 Å². The monoisotopic (exact) mass is 361 g/mol. The van der Waals surface area contributed by atoms with E-state index in [4.69, 9.17) is 11.6 Å². The lowest BCUT2D eigenvalue weighted by atomic mass is 10.1. The SMILES string of the molecule is CCCS(=O)(=O)N1CCC(Nc2ccc([N+](=O)[O-])cc2Cl)CC1. The van der Waals surface area contributed by atoms with Gasteiger partial charge in [0.1, 0.15) is 0 Å². The van der Waals surface area contributed by atoms with Gasteiger partial charge in [-0.05, 0) is 25.3 Å². The van der Waals surface area contributed by atoms with Crippen LogP contribution in [-0.4, -0.2) is 42.5 Å². The standard InChI is InChI=1S/C14H20ClN3O4S/c1-2-9-23(21,22)17-7-5-11(6-8-17)16-14-4-3-12(18(19)20)10-13(14)15/h3-4,10-11,16H,2,5-9H2,1H3. The summed E-state index contributed by atoms with van der Waals surface area (Å²) >= 11 is 6.06. The normalized spacial score (nSPS) is 17.1. The minimum Gasteiger partial charge on any atom is -0.381 e. The summed E-state index contributed by atoms with van der Waals surface area (Å²) in [6, 6.07) is 4.39. The Kier molecular flexibility index (Phi) is 5.83. The highest BCUT2D eigenvalue weighted by atomic mass is 35.5. The molecular formula is C14H20ClN3O4S. The van der Waals surface area contributed by atoms with Crippen molar-refractivity contribution in [1.29, 1.82) is 0 Å². The summed E-state index contributed by atoms with van der Waals surface area (Å²) in [5, 5.41) is 14.2. The molecule has 1 aromatic carbocycles. The Hall–Kier alpha value is -1.38. The molecule has 1 aliphatic rings. The van der Waals surface area contributed by atoms with Crippen LogP contribution >= 0.6 is 11.6 Å². The van der Waals surface area contributed by atoms with Crippen molar-refractivity contribution < 1.29 is 13.3 Å². The fourth-order valence-corrected chi connectivity index (χ4v) is 4.39. The Morgan fingerprint density at radius 3 is 2.57 bits per heavy atom. The van der Waals surface area contributed by atoms with Crippen molar-refractivity contribution >= 4 is 33.0 Å². The van der Waals surface area contributed by atoms with Crippen molar-refractivity contribution in [2.45, 2.75) is 32.2 Å². The summed E-state index contributed by atoms with van der Waals surface area (Å²) in [6.07, 6.45) is 1.96. The number of halogens is 1. The van der Waals surface area contributed by atoms with Crippen molar-refractivity contribution in [1.82, 2.24) is 4.31 Å². The number of nitrogens with one attached hydrogen (secondary N) is 1. The van der Waals surface area contributed by atoms with Gasteiger partial charge in [-0.1, -0.05) is 18.5 Å². The number of piperidine rings is 1. The van der Waals surface area contributed by atoms with Crippen LogP contribution < -0.4 is 5.32 Å². The van der Waals surface area contributed by atoms with Gasteiger partial charge in [-0.25, -0.2) is 12.7 Å². The fraction of sp³-hybridized carbons (Fsp3) is 0.571. The number of hydrogen-bond donors (Lipinski definition) is 1. The van der Waals surface area contributed by atoms with Crippen LogP contribution in [0.4, 0.5) is 11.4 Å². The third-order valence-electron chi connectivity index (χ3n) is 3.83. The summed E-state index contributed by atoms with van der Waals surface area (Å²) < 4.78 is 25.6. The highest BCUT2D eigenvalue weighted by Gasteiger charge is 2.27. The Bertz CT molecular complexity index is 673. The third-order valence-corrected chi connectivity index (χ3v) is 6.22. The average molecular weight is 362 g/mol. The zero-order valence-electron chi connectivity index (χ0n) is 12.9. The lowest BCUT2D eigenvalue weighted by molar-refractivity contribution is -0.384. The second-order valence-corrected chi connectivity index (χ2v) is 8.05. The minimum atomic E-state index is -3.15. The minimum absolute atomic E-state index is 0.0546. The maximum absolute atomic E-state index is 12.0. The number of benzene rings is 1. The number of rotatable bonds is 6. The first-order chi connectivity index (χ1) is 10.8. The second-order valence-electron chi connectivity index (χ2n) is 5.55. The molecule has 1 N–H and O–H groups in total. The molecule has 1 saturated heterocycles. The molecule has 1 fully saturated rings. The topological polar surface area (TPSA) is 92.6 Å². The van der Waals surface area contributed by atoms with Gasteiger partial charge in [-0.3, -0.25) is 10.1 Å². The summed E-state index contributed by atoms with van der Waals surface area (Å²) in [4.78, 5) is 10.2. The van der Waals surface area contributed by atoms with E-state index in [2.05, 4.69) is 5.32 Å². The van der Waals surface area contributed by atoms with Gasteiger partial charge >= 0.3 is 0 Å². The Labute approximate surface area is 140 Å². The van der Waals surface area contributed by atoms with E-state index >= 15 is 0 Å². The number of nitrogens with zero attached hydrogens (tertiary/aromatic N) is 2. The largest absolute Gasteiger partial charge is 0.381 e. The van der Waals surface area contributed by atoms with E-state index in [0.29, 0.717) is 43.1 Å². The van der Waals surface area contributed by atoms with Gasteiger partial charge in [0.05, 0.1) is 21.4 Å². The van der Waals surface area contributed by atoms with Gasteiger partial charge < -0.3 is 5.32 Å². The van der Waals surface area contributed by atoms with E-state index in [9.17, 15) is 18.5 Å². The Morgan fingerprint density at radius 2 is 2.04 bits per heavy atom. The zero-order valence-corrected chi connectivity index (χ0v) is 14.4. The molecule has 0 aromatic heterocycles. The van der Waals surface area contributed by atoms with Gasteiger partial charge in [0.15, 0.2) is 0 Å². The van der Waals surface area contributed by atoms with E-state index in [0.717, 1.165) is 0 Å². The lowest BCUT2D eigenvalue weighted by Crippen LogP contribution is -2.43. The molecule has 9 heteroatoms. The first-order valence-corrected chi connectivity index (χ1v) is 9.50. The number of nitro benzene ring substituents is 1. The molecule has 0 atom stereocenters. The highest BCUT2D eigenvalue weighted by Crippen LogP contribution is 2.28. The maximum Gasteiger partial charge on any atom is 0.271 e. The van der Waals surface area contributed by atoms with Crippen LogP contribution in [0.15, 0.2) is 18.2 Å². The molecule has 0 amide bonds. The lowest BCUT2D eigenvalue weighted by Gasteiger charge is -2.32. The number of sulfonamides is 1. The molecule has 0 bridgehead atoms. The molecule has 0 aliphatic carbocycles. The average Bonchev–Trinajstić information content (AvgIpc) is 2.49. The Morgan fingerprint density at radius 1 is 1.39 bits per heavy atom. The predicted molar refractivity (Wildman–Crippen MR) is 90.4 cm³/mol. The second kappa shape index (κ2) is 7.46. The van der Waals surface area contributed by atoms with Crippen LogP contribution in [0.2, 0.25) is 5.02 Å². The summed E-state index contributed by atoms with van der Waals surface area (Å²) in [5.74, 6) is 0.180. The van der Waals surface area contributed by atoms with Gasteiger partial charge in [-0.15, -0.1) is 0 Å². The van der Waals surface area contributed by atoms with Crippen LogP contribution in [0, 0.1) is 10.1 Å². The first kappa shape index (κ1) is 18.0. The van der Waals surface area contributed by atoms with E-state index in [1.807, 2.05) is 6.92 Å². The first-order valence-electron chi connectivity index (χ1n) is 7.52. The molecular weight excluding hydrogens is 342 g/mol. The van der Waals surface area contributed by atoms with Gasteiger partial charge in [-0.2, -0.15) is 0 Å². The van der Waals surface area contributed by atoms with Crippen LogP contribution in [0.5, 0.6) is 0 Å². The van der Waals surface area contributed by atoms with Crippen molar-refractivity contribution in [2.24, 2.45) is 0 Å². The highest BCUT2D eigenvalue weighted by molar-refractivity contribution is 7.89. The quantitative estimate of drug-likeness (QED) is 0.621. The number of nitro groups is 1. The molecule has 2 rings (SSSR count). The van der Waals surface area contributed by atoms with Gasteiger partial charge in [0.25, 0.3) is 5.69 Å². The molecule has 1 aromatic rings. The summed E-state index contributed by atoms with van der Waals surface area (Å²) in [6.45, 7) is 2.80. The van der Waals surface area contributed by atoms with E-state index in [1.165, 1.54) is 16.4 Å². The van der Waals surface area contributed by atoms with E-state index in [1.54, 1.807) is 6.07 Å². The van der Waals surface area contributed by atoms with Crippen LogP contribution in [-0.2, 0) is 10.0 Å². The summed E-state index contributed by atoms with van der Waals surface area (Å²) in [5.41, 5.74) is 0.577. The smallest absolute Gasteiger partial charge is 0.271 e. The number of non-ortho nitro benzene ring substituents is 1. The van der Waals surface area contributed by atoms with Gasteiger partial charge in [0, 0.05) is 31.3 Å². The number of hydrogen-bond acceptors (Lipinski definition) is 5. The molecule has 1 heterocycles. The predicted octanol–water partition coefficient (Wildman–Crippen LogP) is 2.86. The Balaban J connectivity index is 1.96. The van der Waals surface area contributed by atoms with Crippen LogP contribution in [0.3, 0.4) is 0 Å². The molecule has 128 valence electrons. The van der Waals surface area contributed by atoms with E-state index in [-0.39, 0.29) is 17.5 Å². The third kappa shape index (κ3) is 4.55. The molecule has 0 unspecified atom stereocenters. The zero-order chi connectivity index (χ0) is 17.0. The molecule has 7 nitrogen and oxygen atoms in total. The van der Waals surface area contributed by atoms with E-state index < -0.39 is 14.9 Å². The molecule has 0 spiro atoms. The van der Waals surface area contributed by atoms with Crippen molar-refractivity contribution in [2.75, 3.05) is 24.2 Å². The summed E-state index contributed by atoms with van der Waals surface area (Å²) in [7, 11) is -3.15. The molecule has 0 saturated carbocycles.